The Balaban J connectivity index is 2.21. The van der Waals surface area contributed by atoms with Gasteiger partial charge >= 0.3 is 5.97 Å². The molecule has 1 amide bonds. The molecule has 1 aromatic carbocycles. The van der Waals surface area contributed by atoms with Crippen LogP contribution in [0.25, 0.3) is 0 Å². The second-order valence-corrected chi connectivity index (χ2v) is 4.70. The fourth-order valence-electron chi connectivity index (χ4n) is 1.91. The summed E-state index contributed by atoms with van der Waals surface area (Å²) in [6.07, 6.45) is 1.23. The molecular formula is C12H11ClFNO3. The van der Waals surface area contributed by atoms with Crippen molar-refractivity contribution in [3.63, 3.8) is 0 Å². The highest BCUT2D eigenvalue weighted by Crippen LogP contribution is 2.42. The third-order valence-electron chi connectivity index (χ3n) is 3.25. The highest BCUT2D eigenvalue weighted by atomic mass is 35.5. The van der Waals surface area contributed by atoms with Crippen molar-refractivity contribution in [2.24, 2.45) is 5.41 Å². The fraction of sp³-hybridized carbons (Fsp3) is 0.333. The fourth-order valence-corrected chi connectivity index (χ4v) is 2.09. The molecule has 0 saturated heterocycles. The molecular weight excluding hydrogens is 261 g/mol. The van der Waals surface area contributed by atoms with Crippen LogP contribution in [0.4, 0.5) is 10.1 Å². The predicted octanol–water partition coefficient (Wildman–Crippen LogP) is 2.67. The molecule has 18 heavy (non-hydrogen) atoms. The number of hydrogen-bond donors (Lipinski definition) is 2. The Kier molecular flexibility index (Phi) is 3.26. The predicted molar refractivity (Wildman–Crippen MR) is 64.0 cm³/mol. The minimum absolute atomic E-state index is 0.0972. The summed E-state index contributed by atoms with van der Waals surface area (Å²) < 4.78 is 13.6. The van der Waals surface area contributed by atoms with Crippen molar-refractivity contribution in [2.75, 3.05) is 5.32 Å². The van der Waals surface area contributed by atoms with Crippen LogP contribution in [0.15, 0.2) is 18.2 Å². The van der Waals surface area contributed by atoms with Crippen LogP contribution >= 0.6 is 11.6 Å². The van der Waals surface area contributed by atoms with Gasteiger partial charge in [0.2, 0.25) is 5.91 Å². The number of halogens is 2. The normalized spacial score (nSPS) is 16.8. The first-order chi connectivity index (χ1) is 8.47. The first-order valence-electron chi connectivity index (χ1n) is 5.46. The van der Waals surface area contributed by atoms with Crippen LogP contribution in [0.3, 0.4) is 0 Å². The van der Waals surface area contributed by atoms with Crippen LogP contribution < -0.4 is 5.32 Å². The van der Waals surface area contributed by atoms with Crippen molar-refractivity contribution in [2.45, 2.75) is 19.3 Å². The number of hydrogen-bond acceptors (Lipinski definition) is 2. The molecule has 1 saturated carbocycles. The standard InChI is InChI=1S/C12H11ClFNO3/c13-7-3-1-4-8(9(7)14)15-10(16)12(11(17)18)5-2-6-12/h1,3-4H,2,5-6H2,(H,15,16)(H,17,18). The van der Waals surface area contributed by atoms with Gasteiger partial charge in [-0.1, -0.05) is 24.1 Å². The van der Waals surface area contributed by atoms with E-state index in [1.807, 2.05) is 0 Å². The summed E-state index contributed by atoms with van der Waals surface area (Å²) in [4.78, 5) is 23.0. The molecule has 1 aromatic rings. The molecule has 0 spiro atoms. The molecule has 0 aromatic heterocycles. The molecule has 0 atom stereocenters. The van der Waals surface area contributed by atoms with Crippen molar-refractivity contribution in [3.8, 4) is 0 Å². The minimum Gasteiger partial charge on any atom is -0.480 e. The van der Waals surface area contributed by atoms with Crippen LogP contribution in [0.5, 0.6) is 0 Å². The smallest absolute Gasteiger partial charge is 0.319 e. The zero-order valence-corrected chi connectivity index (χ0v) is 10.1. The Morgan fingerprint density at radius 2 is 2.06 bits per heavy atom. The van der Waals surface area contributed by atoms with Crippen LogP contribution in [0.1, 0.15) is 19.3 Å². The maximum absolute atomic E-state index is 13.6. The number of carbonyl (C=O) groups is 2. The lowest BCUT2D eigenvalue weighted by Crippen LogP contribution is -2.48. The molecule has 96 valence electrons. The Morgan fingerprint density at radius 1 is 1.39 bits per heavy atom. The summed E-state index contributed by atoms with van der Waals surface area (Å²) in [7, 11) is 0. The Hall–Kier alpha value is -1.62. The number of anilines is 1. The molecule has 1 aliphatic rings. The largest absolute Gasteiger partial charge is 0.480 e. The SMILES string of the molecule is O=C(O)C1(C(=O)Nc2cccc(Cl)c2F)CCC1. The molecule has 2 rings (SSSR count). The number of carboxylic acids is 1. The van der Waals surface area contributed by atoms with E-state index in [2.05, 4.69) is 5.32 Å². The highest BCUT2D eigenvalue weighted by Gasteiger charge is 2.51. The monoisotopic (exact) mass is 271 g/mol. The maximum atomic E-state index is 13.6. The molecule has 2 N–H and O–H groups in total. The van der Waals surface area contributed by atoms with Gasteiger partial charge in [0.05, 0.1) is 10.7 Å². The Morgan fingerprint density at radius 3 is 2.56 bits per heavy atom. The molecule has 1 aliphatic carbocycles. The summed E-state index contributed by atoms with van der Waals surface area (Å²) in [6.45, 7) is 0. The van der Waals surface area contributed by atoms with Crippen molar-refractivity contribution >= 4 is 29.2 Å². The van der Waals surface area contributed by atoms with E-state index in [-0.39, 0.29) is 23.6 Å². The van der Waals surface area contributed by atoms with Crippen molar-refractivity contribution in [3.05, 3.63) is 29.0 Å². The lowest BCUT2D eigenvalue weighted by Gasteiger charge is -2.35. The van der Waals surface area contributed by atoms with Gasteiger partial charge < -0.3 is 10.4 Å². The molecule has 0 aliphatic heterocycles. The van der Waals surface area contributed by atoms with E-state index in [0.717, 1.165) is 0 Å². The number of aliphatic carboxylic acids is 1. The quantitative estimate of drug-likeness (QED) is 0.831. The van der Waals surface area contributed by atoms with Gasteiger partial charge in [-0.3, -0.25) is 9.59 Å². The summed E-state index contributed by atoms with van der Waals surface area (Å²) in [5.74, 6) is -2.62. The van der Waals surface area contributed by atoms with Crippen LogP contribution in [0.2, 0.25) is 5.02 Å². The zero-order chi connectivity index (χ0) is 13.3. The van der Waals surface area contributed by atoms with Crippen LogP contribution in [0, 0.1) is 11.2 Å². The lowest BCUT2D eigenvalue weighted by molar-refractivity contribution is -0.159. The van der Waals surface area contributed by atoms with Gasteiger partial charge in [0.25, 0.3) is 0 Å². The van der Waals surface area contributed by atoms with E-state index in [9.17, 15) is 14.0 Å². The number of benzene rings is 1. The third kappa shape index (κ3) is 1.95. The topological polar surface area (TPSA) is 66.4 Å². The summed E-state index contributed by atoms with van der Waals surface area (Å²) in [6, 6.07) is 4.17. The first kappa shape index (κ1) is 12.8. The van der Waals surface area contributed by atoms with Gasteiger partial charge in [0, 0.05) is 0 Å². The molecule has 1 fully saturated rings. The van der Waals surface area contributed by atoms with E-state index < -0.39 is 23.1 Å². The summed E-state index contributed by atoms with van der Waals surface area (Å²) >= 11 is 5.58. The average molecular weight is 272 g/mol. The van der Waals surface area contributed by atoms with E-state index in [0.29, 0.717) is 6.42 Å². The second kappa shape index (κ2) is 4.57. The Labute approximate surface area is 108 Å². The van der Waals surface area contributed by atoms with E-state index >= 15 is 0 Å². The van der Waals surface area contributed by atoms with Gasteiger partial charge in [0.1, 0.15) is 5.41 Å². The molecule has 0 radical (unpaired) electrons. The third-order valence-corrected chi connectivity index (χ3v) is 3.54. The first-order valence-corrected chi connectivity index (χ1v) is 5.84. The summed E-state index contributed by atoms with van der Waals surface area (Å²) in [5, 5.41) is 11.3. The van der Waals surface area contributed by atoms with E-state index in [1.54, 1.807) is 0 Å². The number of carbonyl (C=O) groups excluding carboxylic acids is 1. The molecule has 6 heteroatoms. The summed E-state index contributed by atoms with van der Waals surface area (Å²) in [5.41, 5.74) is -1.52. The van der Waals surface area contributed by atoms with Gasteiger partial charge in [-0.15, -0.1) is 0 Å². The van der Waals surface area contributed by atoms with Crippen molar-refractivity contribution < 1.29 is 19.1 Å². The molecule has 0 unspecified atom stereocenters. The van der Waals surface area contributed by atoms with E-state index in [4.69, 9.17) is 16.7 Å². The zero-order valence-electron chi connectivity index (χ0n) is 9.37. The number of nitrogens with one attached hydrogen (secondary N) is 1. The highest BCUT2D eigenvalue weighted by molar-refractivity contribution is 6.31. The average Bonchev–Trinajstić information content (AvgIpc) is 2.22. The minimum atomic E-state index is -1.42. The van der Waals surface area contributed by atoms with Gasteiger partial charge in [-0.05, 0) is 25.0 Å². The molecule has 0 heterocycles. The molecule has 0 bridgehead atoms. The van der Waals surface area contributed by atoms with Crippen molar-refractivity contribution in [1.82, 2.24) is 0 Å². The number of amides is 1. The van der Waals surface area contributed by atoms with E-state index in [1.165, 1.54) is 18.2 Å². The van der Waals surface area contributed by atoms with Gasteiger partial charge in [-0.2, -0.15) is 0 Å². The van der Waals surface area contributed by atoms with Crippen molar-refractivity contribution in [1.29, 1.82) is 0 Å². The van der Waals surface area contributed by atoms with Crippen LogP contribution in [-0.4, -0.2) is 17.0 Å². The molecule has 4 nitrogen and oxygen atoms in total. The van der Waals surface area contributed by atoms with Gasteiger partial charge in [0.15, 0.2) is 5.82 Å². The Bertz CT molecular complexity index is 514. The lowest BCUT2D eigenvalue weighted by atomic mass is 9.68. The van der Waals surface area contributed by atoms with Gasteiger partial charge in [-0.25, -0.2) is 4.39 Å². The van der Waals surface area contributed by atoms with Crippen LogP contribution in [-0.2, 0) is 9.59 Å². The number of rotatable bonds is 3. The maximum Gasteiger partial charge on any atom is 0.319 e. The second-order valence-electron chi connectivity index (χ2n) is 4.30. The number of carboxylic acid groups (broad SMARTS) is 1.